The van der Waals surface area contributed by atoms with Gasteiger partial charge in [-0.15, -0.1) is 0 Å². The molecule has 3 heteroatoms. The topological polar surface area (TPSA) is 45.4 Å². The van der Waals surface area contributed by atoms with E-state index in [-0.39, 0.29) is 0 Å². The molecule has 0 saturated heterocycles. The summed E-state index contributed by atoms with van der Waals surface area (Å²) in [6.07, 6.45) is 3.57. The van der Waals surface area contributed by atoms with Crippen LogP contribution in [0.2, 0.25) is 0 Å². The first kappa shape index (κ1) is 14.3. The van der Waals surface area contributed by atoms with Gasteiger partial charge in [0, 0.05) is 12.6 Å². The highest BCUT2D eigenvalue weighted by Crippen LogP contribution is 2.22. The molecule has 0 fully saturated rings. The lowest BCUT2D eigenvalue weighted by molar-refractivity contribution is 0.0310. The van der Waals surface area contributed by atoms with Crippen LogP contribution in [0, 0.1) is 6.92 Å². The maximum Gasteiger partial charge on any atom is 0.136 e. The van der Waals surface area contributed by atoms with Gasteiger partial charge in [-0.2, -0.15) is 0 Å². The Hall–Kier alpha value is -0.800. The number of nitrogens with one attached hydrogen (secondary N) is 1. The Morgan fingerprint density at radius 3 is 2.71 bits per heavy atom. The summed E-state index contributed by atoms with van der Waals surface area (Å²) in [7, 11) is 0. The standard InChI is InChI=1S/C14H25NO2/c1-5-6-7-11(2)15-10-14(4,16)13-9-8-12(3)17-13/h8-9,11,15-16H,5-7,10H2,1-4H3. The Kier molecular flexibility index (Phi) is 5.22. The van der Waals surface area contributed by atoms with Crippen molar-refractivity contribution in [1.82, 2.24) is 5.32 Å². The lowest BCUT2D eigenvalue weighted by atomic mass is 10.0. The molecule has 0 aliphatic carbocycles. The fourth-order valence-electron chi connectivity index (χ4n) is 1.80. The van der Waals surface area contributed by atoms with Crippen LogP contribution in [0.3, 0.4) is 0 Å². The number of hydrogen-bond acceptors (Lipinski definition) is 3. The van der Waals surface area contributed by atoms with Crippen molar-refractivity contribution in [2.45, 2.75) is 58.6 Å². The second-order valence-corrected chi connectivity index (χ2v) is 5.11. The first-order chi connectivity index (χ1) is 7.95. The van der Waals surface area contributed by atoms with Gasteiger partial charge in [0.05, 0.1) is 0 Å². The van der Waals surface area contributed by atoms with E-state index in [2.05, 4.69) is 19.2 Å². The summed E-state index contributed by atoms with van der Waals surface area (Å²) in [4.78, 5) is 0. The Morgan fingerprint density at radius 2 is 2.18 bits per heavy atom. The molecule has 0 spiro atoms. The first-order valence-electron chi connectivity index (χ1n) is 6.48. The summed E-state index contributed by atoms with van der Waals surface area (Å²) in [5, 5.41) is 13.7. The smallest absolute Gasteiger partial charge is 0.136 e. The molecular formula is C14H25NO2. The predicted octanol–water partition coefficient (Wildman–Crippen LogP) is 2.96. The Labute approximate surface area is 104 Å². The molecule has 0 saturated carbocycles. The molecule has 0 aliphatic heterocycles. The number of hydrogen-bond donors (Lipinski definition) is 2. The van der Waals surface area contributed by atoms with Crippen LogP contribution >= 0.6 is 0 Å². The highest BCUT2D eigenvalue weighted by molar-refractivity contribution is 5.12. The zero-order valence-electron chi connectivity index (χ0n) is 11.4. The summed E-state index contributed by atoms with van der Waals surface area (Å²) in [5.74, 6) is 1.46. The SMILES string of the molecule is CCCCC(C)NCC(C)(O)c1ccc(C)o1. The van der Waals surface area contributed by atoms with Crippen molar-refractivity contribution < 1.29 is 9.52 Å². The monoisotopic (exact) mass is 239 g/mol. The van der Waals surface area contributed by atoms with Crippen LogP contribution in [0.5, 0.6) is 0 Å². The van der Waals surface area contributed by atoms with Gasteiger partial charge < -0.3 is 14.8 Å². The summed E-state index contributed by atoms with van der Waals surface area (Å²) in [6, 6.07) is 4.15. The third kappa shape index (κ3) is 4.52. The lowest BCUT2D eigenvalue weighted by Gasteiger charge is -2.24. The van der Waals surface area contributed by atoms with Gasteiger partial charge in [0.15, 0.2) is 0 Å². The van der Waals surface area contributed by atoms with Gasteiger partial charge in [0.25, 0.3) is 0 Å². The molecule has 0 bridgehead atoms. The number of aryl methyl sites for hydroxylation is 1. The Balaban J connectivity index is 2.44. The number of aliphatic hydroxyl groups is 1. The molecule has 0 radical (unpaired) electrons. The van der Waals surface area contributed by atoms with Gasteiger partial charge in [-0.3, -0.25) is 0 Å². The van der Waals surface area contributed by atoms with Crippen molar-refractivity contribution in [3.8, 4) is 0 Å². The minimum absolute atomic E-state index is 0.428. The predicted molar refractivity (Wildman–Crippen MR) is 70.0 cm³/mol. The van der Waals surface area contributed by atoms with E-state index in [4.69, 9.17) is 4.42 Å². The molecule has 2 atom stereocenters. The first-order valence-corrected chi connectivity index (χ1v) is 6.48. The number of rotatable bonds is 7. The fraction of sp³-hybridized carbons (Fsp3) is 0.714. The number of unbranched alkanes of at least 4 members (excludes halogenated alkanes) is 1. The van der Waals surface area contributed by atoms with E-state index in [9.17, 15) is 5.11 Å². The van der Waals surface area contributed by atoms with Crippen LogP contribution in [0.4, 0.5) is 0 Å². The third-order valence-corrected chi connectivity index (χ3v) is 3.06. The van der Waals surface area contributed by atoms with Crippen LogP contribution in [-0.4, -0.2) is 17.7 Å². The van der Waals surface area contributed by atoms with E-state index in [1.165, 1.54) is 12.8 Å². The van der Waals surface area contributed by atoms with Gasteiger partial charge in [-0.1, -0.05) is 19.8 Å². The molecule has 3 nitrogen and oxygen atoms in total. The van der Waals surface area contributed by atoms with Gasteiger partial charge in [-0.25, -0.2) is 0 Å². The van der Waals surface area contributed by atoms with Crippen LogP contribution in [0.1, 0.15) is 51.6 Å². The molecule has 0 amide bonds. The quantitative estimate of drug-likeness (QED) is 0.769. The molecule has 2 unspecified atom stereocenters. The molecule has 0 aromatic carbocycles. The minimum Gasteiger partial charge on any atom is -0.463 e. The second-order valence-electron chi connectivity index (χ2n) is 5.11. The molecule has 1 aromatic heterocycles. The molecule has 0 aliphatic rings. The Bertz CT molecular complexity index is 331. The Morgan fingerprint density at radius 1 is 1.47 bits per heavy atom. The summed E-state index contributed by atoms with van der Waals surface area (Å²) < 4.78 is 5.47. The van der Waals surface area contributed by atoms with Crippen LogP contribution in [-0.2, 0) is 5.60 Å². The van der Waals surface area contributed by atoms with Crippen molar-refractivity contribution in [2.24, 2.45) is 0 Å². The van der Waals surface area contributed by atoms with Crippen LogP contribution < -0.4 is 5.32 Å². The summed E-state index contributed by atoms with van der Waals surface area (Å²) in [6.45, 7) is 8.53. The maximum atomic E-state index is 10.3. The lowest BCUT2D eigenvalue weighted by Crippen LogP contribution is -2.39. The fourth-order valence-corrected chi connectivity index (χ4v) is 1.80. The van der Waals surface area contributed by atoms with E-state index < -0.39 is 5.60 Å². The average Bonchev–Trinajstić information content (AvgIpc) is 2.71. The zero-order chi connectivity index (χ0) is 12.9. The molecule has 1 heterocycles. The molecule has 1 aromatic rings. The van der Waals surface area contributed by atoms with E-state index in [0.717, 1.165) is 12.2 Å². The third-order valence-electron chi connectivity index (χ3n) is 3.06. The van der Waals surface area contributed by atoms with Gasteiger partial charge >= 0.3 is 0 Å². The van der Waals surface area contributed by atoms with Crippen molar-refractivity contribution in [2.75, 3.05) is 6.54 Å². The van der Waals surface area contributed by atoms with Crippen molar-refractivity contribution in [3.63, 3.8) is 0 Å². The molecule has 1 rings (SSSR count). The zero-order valence-corrected chi connectivity index (χ0v) is 11.4. The maximum absolute atomic E-state index is 10.3. The van der Waals surface area contributed by atoms with Gasteiger partial charge in [0.1, 0.15) is 17.1 Å². The number of furan rings is 1. The van der Waals surface area contributed by atoms with Crippen LogP contribution in [0.25, 0.3) is 0 Å². The second kappa shape index (κ2) is 6.22. The highest BCUT2D eigenvalue weighted by Gasteiger charge is 2.26. The normalized spacial score (nSPS) is 16.8. The van der Waals surface area contributed by atoms with E-state index in [0.29, 0.717) is 18.3 Å². The average molecular weight is 239 g/mol. The highest BCUT2D eigenvalue weighted by atomic mass is 16.4. The molecule has 2 N–H and O–H groups in total. The molecule has 98 valence electrons. The van der Waals surface area contributed by atoms with E-state index in [1.54, 1.807) is 6.92 Å². The van der Waals surface area contributed by atoms with Gasteiger partial charge in [-0.05, 0) is 39.3 Å². The molecule has 17 heavy (non-hydrogen) atoms. The summed E-state index contributed by atoms with van der Waals surface area (Å²) in [5.41, 5.74) is -0.936. The van der Waals surface area contributed by atoms with Crippen molar-refractivity contribution in [3.05, 3.63) is 23.7 Å². The van der Waals surface area contributed by atoms with Crippen molar-refractivity contribution >= 4 is 0 Å². The molecular weight excluding hydrogens is 214 g/mol. The minimum atomic E-state index is -0.936. The van der Waals surface area contributed by atoms with Gasteiger partial charge in [0.2, 0.25) is 0 Å². The van der Waals surface area contributed by atoms with Crippen molar-refractivity contribution in [1.29, 1.82) is 0 Å². The van der Waals surface area contributed by atoms with E-state index in [1.807, 2.05) is 19.1 Å². The van der Waals surface area contributed by atoms with E-state index >= 15 is 0 Å². The van der Waals surface area contributed by atoms with Crippen LogP contribution in [0.15, 0.2) is 16.5 Å². The summed E-state index contributed by atoms with van der Waals surface area (Å²) >= 11 is 0. The largest absolute Gasteiger partial charge is 0.463 e.